The molecule has 1 heterocycles. The molecule has 0 aromatic heterocycles. The van der Waals surface area contributed by atoms with E-state index in [1.54, 1.807) is 56.5 Å². The molecule has 0 saturated heterocycles. The molecule has 1 atom stereocenters. The quantitative estimate of drug-likeness (QED) is 0.624. The molecule has 2 aromatic carbocycles. The second-order valence-electron chi connectivity index (χ2n) is 5.50. The van der Waals surface area contributed by atoms with Gasteiger partial charge in [-0.15, -0.1) is 0 Å². The van der Waals surface area contributed by atoms with Crippen molar-refractivity contribution >= 4 is 11.8 Å². The van der Waals surface area contributed by atoms with Gasteiger partial charge in [-0.2, -0.15) is 0 Å². The Morgan fingerprint density at radius 1 is 1.17 bits per heavy atom. The Morgan fingerprint density at radius 2 is 1.96 bits per heavy atom. The molecule has 0 spiro atoms. The smallest absolute Gasteiger partial charge is 0.359 e. The number of carbonyl (C=O) groups is 2. The van der Waals surface area contributed by atoms with E-state index < -0.39 is 11.6 Å². The van der Waals surface area contributed by atoms with Crippen molar-refractivity contribution in [1.82, 2.24) is 0 Å². The molecule has 0 N–H and O–H groups in total. The van der Waals surface area contributed by atoms with Crippen molar-refractivity contribution in [3.05, 3.63) is 59.7 Å². The lowest BCUT2D eigenvalue weighted by Crippen LogP contribution is -2.51. The van der Waals surface area contributed by atoms with Crippen LogP contribution in [0.15, 0.2) is 48.5 Å². The van der Waals surface area contributed by atoms with Crippen LogP contribution < -0.4 is 9.47 Å². The molecule has 0 saturated carbocycles. The van der Waals surface area contributed by atoms with Crippen molar-refractivity contribution in [2.75, 3.05) is 13.7 Å². The van der Waals surface area contributed by atoms with E-state index in [0.29, 0.717) is 17.1 Å². The van der Waals surface area contributed by atoms with Crippen LogP contribution in [-0.2, 0) is 16.0 Å². The van der Waals surface area contributed by atoms with Crippen molar-refractivity contribution in [3.63, 3.8) is 0 Å². The summed E-state index contributed by atoms with van der Waals surface area (Å²) in [5, 5.41) is 0. The van der Waals surface area contributed by atoms with E-state index in [0.717, 1.165) is 5.56 Å². The van der Waals surface area contributed by atoms with Gasteiger partial charge in [-0.05, 0) is 36.8 Å². The fraction of sp³-hybridized carbons (Fsp3) is 0.263. The number of ketones is 1. The lowest BCUT2D eigenvalue weighted by atomic mass is 9.88. The zero-order chi connectivity index (χ0) is 17.2. The van der Waals surface area contributed by atoms with Gasteiger partial charge in [-0.25, -0.2) is 4.79 Å². The number of hydrogen-bond acceptors (Lipinski definition) is 5. The third-order valence-electron chi connectivity index (χ3n) is 3.98. The normalized spacial score (nSPS) is 18.7. The molecule has 5 heteroatoms. The van der Waals surface area contributed by atoms with Gasteiger partial charge in [0.2, 0.25) is 5.78 Å². The van der Waals surface area contributed by atoms with Crippen LogP contribution in [0, 0.1) is 0 Å². The number of hydrogen-bond donors (Lipinski definition) is 0. The Bertz CT molecular complexity index is 783. The summed E-state index contributed by atoms with van der Waals surface area (Å²) >= 11 is 0. The maximum atomic E-state index is 12.9. The molecular weight excluding hydrogens is 308 g/mol. The van der Waals surface area contributed by atoms with Gasteiger partial charge >= 0.3 is 5.97 Å². The molecule has 2 aromatic rings. The number of methoxy groups -OCH3 is 1. The number of carbonyl (C=O) groups excluding carboxylic acids is 2. The molecule has 3 rings (SSSR count). The summed E-state index contributed by atoms with van der Waals surface area (Å²) in [6.45, 7) is 1.87. The Morgan fingerprint density at radius 3 is 2.67 bits per heavy atom. The minimum atomic E-state index is -1.69. The third-order valence-corrected chi connectivity index (χ3v) is 3.98. The van der Waals surface area contributed by atoms with E-state index in [2.05, 4.69) is 0 Å². The highest BCUT2D eigenvalue weighted by molar-refractivity contribution is 6.19. The summed E-state index contributed by atoms with van der Waals surface area (Å²) in [6.07, 6.45) is 0.0799. The molecule has 124 valence electrons. The minimum Gasteiger partial charge on any atom is -0.497 e. The SMILES string of the molecule is CCOC(=O)C1(Cc2cccc(OC)c2)Oc2ccccc2C1=O. The summed E-state index contributed by atoms with van der Waals surface area (Å²) in [4.78, 5) is 25.5. The number of ether oxygens (including phenoxy) is 3. The van der Waals surface area contributed by atoms with Gasteiger partial charge in [-0.1, -0.05) is 24.3 Å². The van der Waals surface area contributed by atoms with Crippen LogP contribution in [0.1, 0.15) is 22.8 Å². The number of Topliss-reactive ketones (excluding diaryl/α,β-unsaturated/α-hetero) is 1. The highest BCUT2D eigenvalue weighted by Crippen LogP contribution is 2.38. The van der Waals surface area contributed by atoms with Crippen LogP contribution in [-0.4, -0.2) is 31.1 Å². The molecule has 1 aliphatic rings. The predicted molar refractivity (Wildman–Crippen MR) is 87.5 cm³/mol. The molecule has 0 fully saturated rings. The second-order valence-corrected chi connectivity index (χ2v) is 5.50. The average molecular weight is 326 g/mol. The summed E-state index contributed by atoms with van der Waals surface area (Å²) in [6, 6.07) is 14.0. The topological polar surface area (TPSA) is 61.8 Å². The zero-order valence-electron chi connectivity index (χ0n) is 13.6. The highest BCUT2D eigenvalue weighted by atomic mass is 16.6. The Kier molecular flexibility index (Phi) is 4.25. The second kappa shape index (κ2) is 6.35. The van der Waals surface area contributed by atoms with Crippen LogP contribution in [0.25, 0.3) is 0 Å². The molecular formula is C19H18O5. The Hall–Kier alpha value is -2.82. The monoisotopic (exact) mass is 326 g/mol. The van der Waals surface area contributed by atoms with E-state index >= 15 is 0 Å². The van der Waals surface area contributed by atoms with Crippen LogP contribution >= 0.6 is 0 Å². The first-order valence-corrected chi connectivity index (χ1v) is 7.73. The number of para-hydroxylation sites is 1. The molecule has 0 amide bonds. The maximum absolute atomic E-state index is 12.9. The van der Waals surface area contributed by atoms with Crippen molar-refractivity contribution < 1.29 is 23.8 Å². The first-order chi connectivity index (χ1) is 11.6. The van der Waals surface area contributed by atoms with E-state index in [9.17, 15) is 9.59 Å². The van der Waals surface area contributed by atoms with Crippen molar-refractivity contribution in [2.45, 2.75) is 18.9 Å². The van der Waals surface area contributed by atoms with Crippen LogP contribution in [0.2, 0.25) is 0 Å². The van der Waals surface area contributed by atoms with Gasteiger partial charge in [0, 0.05) is 6.42 Å². The lowest BCUT2D eigenvalue weighted by Gasteiger charge is -2.25. The first kappa shape index (κ1) is 16.1. The number of esters is 1. The molecule has 0 radical (unpaired) electrons. The van der Waals surface area contributed by atoms with Crippen LogP contribution in [0.4, 0.5) is 0 Å². The fourth-order valence-corrected chi connectivity index (χ4v) is 2.84. The number of fused-ring (bicyclic) bond motifs is 1. The van der Waals surface area contributed by atoms with E-state index in [4.69, 9.17) is 14.2 Å². The van der Waals surface area contributed by atoms with Crippen molar-refractivity contribution in [1.29, 1.82) is 0 Å². The van der Waals surface area contributed by atoms with E-state index in [1.807, 2.05) is 6.07 Å². The zero-order valence-corrected chi connectivity index (χ0v) is 13.6. The van der Waals surface area contributed by atoms with Crippen molar-refractivity contribution in [3.8, 4) is 11.5 Å². The maximum Gasteiger partial charge on any atom is 0.359 e. The fourth-order valence-electron chi connectivity index (χ4n) is 2.84. The summed E-state index contributed by atoms with van der Waals surface area (Å²) < 4.78 is 16.2. The first-order valence-electron chi connectivity index (χ1n) is 7.73. The summed E-state index contributed by atoms with van der Waals surface area (Å²) in [7, 11) is 1.56. The van der Waals surface area contributed by atoms with Crippen molar-refractivity contribution in [2.24, 2.45) is 0 Å². The molecule has 5 nitrogen and oxygen atoms in total. The molecule has 0 aliphatic carbocycles. The Labute approximate surface area is 140 Å². The van der Waals surface area contributed by atoms with Gasteiger partial charge in [-0.3, -0.25) is 4.79 Å². The predicted octanol–water partition coefficient (Wildman–Crippen LogP) is 2.81. The largest absolute Gasteiger partial charge is 0.497 e. The van der Waals surface area contributed by atoms with Gasteiger partial charge in [0.05, 0.1) is 19.3 Å². The average Bonchev–Trinajstić information content (AvgIpc) is 2.89. The summed E-state index contributed by atoms with van der Waals surface area (Å²) in [5.74, 6) is 0.00121. The van der Waals surface area contributed by atoms with Gasteiger partial charge in [0.1, 0.15) is 11.5 Å². The van der Waals surface area contributed by atoms with E-state index in [1.165, 1.54) is 0 Å². The molecule has 1 unspecified atom stereocenters. The Balaban J connectivity index is 2.02. The van der Waals surface area contributed by atoms with Gasteiger partial charge in [0.25, 0.3) is 5.60 Å². The molecule has 0 bridgehead atoms. The summed E-state index contributed by atoms with van der Waals surface area (Å²) in [5.41, 5.74) is -0.538. The molecule has 24 heavy (non-hydrogen) atoms. The van der Waals surface area contributed by atoms with Crippen LogP contribution in [0.3, 0.4) is 0 Å². The van der Waals surface area contributed by atoms with Gasteiger partial charge < -0.3 is 14.2 Å². The standard InChI is InChI=1S/C19H18O5/c1-3-23-18(21)19(12-13-7-6-8-14(11-13)22-2)17(20)15-9-4-5-10-16(15)24-19/h4-11H,3,12H2,1-2H3. The molecule has 1 aliphatic heterocycles. The number of rotatable bonds is 5. The van der Waals surface area contributed by atoms with E-state index in [-0.39, 0.29) is 18.8 Å². The lowest BCUT2D eigenvalue weighted by molar-refractivity contribution is -0.156. The van der Waals surface area contributed by atoms with Crippen LogP contribution in [0.5, 0.6) is 11.5 Å². The number of benzene rings is 2. The highest BCUT2D eigenvalue weighted by Gasteiger charge is 2.55. The minimum absolute atomic E-state index is 0.0799. The third kappa shape index (κ3) is 2.62. The van der Waals surface area contributed by atoms with Gasteiger partial charge in [0.15, 0.2) is 0 Å².